The predicted molar refractivity (Wildman–Crippen MR) is 50.1 cm³/mol. The van der Waals surface area contributed by atoms with Crippen molar-refractivity contribution >= 4 is 10.9 Å². The maximum absolute atomic E-state index is 9.08. The number of benzene rings is 1. The molecule has 3 heteroatoms. The summed E-state index contributed by atoms with van der Waals surface area (Å²) >= 11 is 0. The molecule has 0 aliphatic carbocycles. The highest BCUT2D eigenvalue weighted by atomic mass is 16.3. The Morgan fingerprint density at radius 2 is 2.00 bits per heavy atom. The van der Waals surface area contributed by atoms with Crippen LogP contribution in [0, 0.1) is 0 Å². The summed E-state index contributed by atoms with van der Waals surface area (Å²) in [6, 6.07) is 7.63. The van der Waals surface area contributed by atoms with Gasteiger partial charge in [-0.3, -0.25) is 0 Å². The Bertz CT molecular complexity index is 420. The van der Waals surface area contributed by atoms with E-state index in [2.05, 4.69) is 0 Å². The summed E-state index contributed by atoms with van der Waals surface area (Å²) in [5, 5.41) is 19.1. The molecule has 0 radical (unpaired) electrons. The van der Waals surface area contributed by atoms with E-state index in [1.165, 1.54) is 0 Å². The first kappa shape index (κ1) is 8.29. The Morgan fingerprint density at radius 1 is 1.15 bits per heavy atom. The van der Waals surface area contributed by atoms with E-state index in [0.717, 1.165) is 16.5 Å². The molecular formula is C10H11NO2. The van der Waals surface area contributed by atoms with Crippen molar-refractivity contribution in [3.8, 4) is 0 Å². The van der Waals surface area contributed by atoms with Gasteiger partial charge in [-0.25, -0.2) is 0 Å². The molecular weight excluding hydrogens is 166 g/mol. The van der Waals surface area contributed by atoms with E-state index in [9.17, 15) is 0 Å². The SMILES string of the molecule is OCc1cccc2ccn(CO)c12. The number of hydrogen-bond donors (Lipinski definition) is 2. The highest BCUT2D eigenvalue weighted by molar-refractivity contribution is 5.83. The highest BCUT2D eigenvalue weighted by Crippen LogP contribution is 2.19. The van der Waals surface area contributed by atoms with Crippen molar-refractivity contribution in [3.05, 3.63) is 36.0 Å². The molecule has 0 aliphatic rings. The summed E-state index contributed by atoms with van der Waals surface area (Å²) in [5.74, 6) is 0. The zero-order valence-corrected chi connectivity index (χ0v) is 7.14. The van der Waals surface area contributed by atoms with Gasteiger partial charge in [-0.1, -0.05) is 18.2 Å². The molecule has 3 nitrogen and oxygen atoms in total. The molecule has 2 aromatic rings. The van der Waals surface area contributed by atoms with Crippen LogP contribution in [0.2, 0.25) is 0 Å². The van der Waals surface area contributed by atoms with Gasteiger partial charge in [0.1, 0.15) is 6.73 Å². The van der Waals surface area contributed by atoms with Crippen LogP contribution in [-0.4, -0.2) is 14.8 Å². The third-order valence-electron chi connectivity index (χ3n) is 2.19. The second-order valence-electron chi connectivity index (χ2n) is 2.94. The predicted octanol–water partition coefficient (Wildman–Crippen LogP) is 1.08. The molecule has 0 atom stereocenters. The van der Waals surface area contributed by atoms with Gasteiger partial charge in [0.15, 0.2) is 0 Å². The number of aromatic nitrogens is 1. The maximum Gasteiger partial charge on any atom is 0.119 e. The van der Waals surface area contributed by atoms with Crippen LogP contribution in [0.3, 0.4) is 0 Å². The lowest BCUT2D eigenvalue weighted by Crippen LogP contribution is -1.97. The number of nitrogens with zero attached hydrogens (tertiary/aromatic N) is 1. The number of para-hydroxylation sites is 1. The Balaban J connectivity index is 2.76. The van der Waals surface area contributed by atoms with Crippen molar-refractivity contribution in [3.63, 3.8) is 0 Å². The second kappa shape index (κ2) is 3.20. The van der Waals surface area contributed by atoms with E-state index >= 15 is 0 Å². The first-order chi connectivity index (χ1) is 6.36. The van der Waals surface area contributed by atoms with Gasteiger partial charge >= 0.3 is 0 Å². The molecule has 0 unspecified atom stereocenters. The van der Waals surface area contributed by atoms with E-state index in [0.29, 0.717) is 0 Å². The van der Waals surface area contributed by atoms with Crippen LogP contribution in [0.25, 0.3) is 10.9 Å². The summed E-state index contributed by atoms with van der Waals surface area (Å²) in [7, 11) is 0. The van der Waals surface area contributed by atoms with Crippen molar-refractivity contribution in [2.45, 2.75) is 13.3 Å². The molecule has 0 fully saturated rings. The van der Waals surface area contributed by atoms with Crippen molar-refractivity contribution in [1.82, 2.24) is 4.57 Å². The third-order valence-corrected chi connectivity index (χ3v) is 2.19. The van der Waals surface area contributed by atoms with Gasteiger partial charge < -0.3 is 14.8 Å². The molecule has 0 bridgehead atoms. The average molecular weight is 177 g/mol. The largest absolute Gasteiger partial charge is 0.392 e. The molecule has 13 heavy (non-hydrogen) atoms. The van der Waals surface area contributed by atoms with Gasteiger partial charge in [-0.05, 0) is 6.07 Å². The van der Waals surface area contributed by atoms with Gasteiger partial charge in [0.2, 0.25) is 0 Å². The van der Waals surface area contributed by atoms with Crippen molar-refractivity contribution < 1.29 is 10.2 Å². The van der Waals surface area contributed by atoms with Crippen molar-refractivity contribution in [2.75, 3.05) is 0 Å². The molecule has 2 N–H and O–H groups in total. The topological polar surface area (TPSA) is 45.4 Å². The number of rotatable bonds is 2. The summed E-state index contributed by atoms with van der Waals surface area (Å²) < 4.78 is 1.71. The zero-order valence-electron chi connectivity index (χ0n) is 7.14. The van der Waals surface area contributed by atoms with Gasteiger partial charge in [-0.2, -0.15) is 0 Å². The highest BCUT2D eigenvalue weighted by Gasteiger charge is 2.03. The minimum Gasteiger partial charge on any atom is -0.392 e. The standard InChI is InChI=1S/C10H11NO2/c12-6-9-3-1-2-8-4-5-11(7-13)10(8)9/h1-5,12-13H,6-7H2. The second-order valence-corrected chi connectivity index (χ2v) is 2.94. The van der Waals surface area contributed by atoms with Crippen molar-refractivity contribution in [2.24, 2.45) is 0 Å². The molecule has 0 amide bonds. The van der Waals surface area contributed by atoms with Crippen molar-refractivity contribution in [1.29, 1.82) is 0 Å². The van der Waals surface area contributed by atoms with E-state index in [1.54, 1.807) is 4.57 Å². The molecule has 1 heterocycles. The lowest BCUT2D eigenvalue weighted by atomic mass is 10.1. The Labute approximate surface area is 75.9 Å². The zero-order chi connectivity index (χ0) is 9.26. The van der Waals surface area contributed by atoms with Crippen LogP contribution >= 0.6 is 0 Å². The fraction of sp³-hybridized carbons (Fsp3) is 0.200. The molecule has 0 saturated carbocycles. The minimum absolute atomic E-state index is 0.00134. The fourth-order valence-corrected chi connectivity index (χ4v) is 1.59. The van der Waals surface area contributed by atoms with Gasteiger partial charge in [0.05, 0.1) is 12.1 Å². The lowest BCUT2D eigenvalue weighted by molar-refractivity contribution is 0.214. The maximum atomic E-state index is 9.08. The molecule has 68 valence electrons. The van der Waals surface area contributed by atoms with E-state index < -0.39 is 0 Å². The van der Waals surface area contributed by atoms with Gasteiger partial charge in [-0.15, -0.1) is 0 Å². The molecule has 1 aromatic heterocycles. The van der Waals surface area contributed by atoms with Gasteiger partial charge in [0, 0.05) is 17.1 Å². The number of hydrogen-bond acceptors (Lipinski definition) is 2. The monoisotopic (exact) mass is 177 g/mol. The third kappa shape index (κ3) is 1.22. The Kier molecular flexibility index (Phi) is 2.04. The summed E-state index contributed by atoms with van der Waals surface area (Å²) in [6.45, 7) is -0.0537. The quantitative estimate of drug-likeness (QED) is 0.721. The minimum atomic E-state index is -0.0550. The van der Waals surface area contributed by atoms with Crippen LogP contribution in [0.4, 0.5) is 0 Å². The molecule has 0 aliphatic heterocycles. The number of aliphatic hydroxyl groups is 2. The smallest absolute Gasteiger partial charge is 0.119 e. The summed E-state index contributed by atoms with van der Waals surface area (Å²) in [5.41, 5.74) is 1.75. The first-order valence-corrected chi connectivity index (χ1v) is 4.15. The van der Waals surface area contributed by atoms with Gasteiger partial charge in [0.25, 0.3) is 0 Å². The molecule has 0 spiro atoms. The normalized spacial score (nSPS) is 10.9. The number of aliphatic hydroxyl groups excluding tert-OH is 2. The molecule has 2 rings (SSSR count). The molecule has 0 saturated heterocycles. The number of fused-ring (bicyclic) bond motifs is 1. The lowest BCUT2D eigenvalue weighted by Gasteiger charge is -2.04. The van der Waals surface area contributed by atoms with Crippen LogP contribution in [0.5, 0.6) is 0 Å². The summed E-state index contributed by atoms with van der Waals surface area (Å²) in [4.78, 5) is 0. The van der Waals surface area contributed by atoms with E-state index in [4.69, 9.17) is 10.2 Å². The van der Waals surface area contributed by atoms with Crippen LogP contribution in [-0.2, 0) is 13.3 Å². The average Bonchev–Trinajstić information content (AvgIpc) is 2.60. The van der Waals surface area contributed by atoms with E-state index in [-0.39, 0.29) is 13.3 Å². The first-order valence-electron chi connectivity index (χ1n) is 4.15. The Morgan fingerprint density at radius 3 is 2.69 bits per heavy atom. The van der Waals surface area contributed by atoms with Crippen LogP contribution in [0.15, 0.2) is 30.5 Å². The van der Waals surface area contributed by atoms with Crippen LogP contribution < -0.4 is 0 Å². The van der Waals surface area contributed by atoms with Crippen LogP contribution in [0.1, 0.15) is 5.56 Å². The fourth-order valence-electron chi connectivity index (χ4n) is 1.59. The van der Waals surface area contributed by atoms with E-state index in [1.807, 2.05) is 30.5 Å². The molecule has 1 aromatic carbocycles. The Hall–Kier alpha value is -1.32. The summed E-state index contributed by atoms with van der Waals surface area (Å²) in [6.07, 6.45) is 1.81.